The fourth-order valence-electron chi connectivity index (χ4n) is 1.83. The molecule has 0 aliphatic heterocycles. The lowest BCUT2D eigenvalue weighted by Gasteiger charge is -2.17. The molecule has 0 heterocycles. The second kappa shape index (κ2) is 8.85. The van der Waals surface area contributed by atoms with Gasteiger partial charge in [-0.2, -0.15) is 0 Å². The molecule has 0 saturated carbocycles. The highest BCUT2D eigenvalue weighted by molar-refractivity contribution is 5.43. The van der Waals surface area contributed by atoms with E-state index in [4.69, 9.17) is 9.47 Å². The summed E-state index contributed by atoms with van der Waals surface area (Å²) in [7, 11) is 0. The van der Waals surface area contributed by atoms with Crippen LogP contribution in [-0.4, -0.2) is 19.3 Å². The molecule has 0 radical (unpaired) electrons. The second-order valence-corrected chi connectivity index (χ2v) is 5.58. The molecule has 3 nitrogen and oxygen atoms in total. The summed E-state index contributed by atoms with van der Waals surface area (Å²) in [5.41, 5.74) is 1.23. The molecule has 1 rings (SSSR count). The predicted molar refractivity (Wildman–Crippen MR) is 84.5 cm³/mol. The van der Waals surface area contributed by atoms with Gasteiger partial charge < -0.3 is 14.8 Å². The van der Waals surface area contributed by atoms with Crippen molar-refractivity contribution < 1.29 is 9.47 Å². The minimum atomic E-state index is 0.208. The Kier molecular flexibility index (Phi) is 7.45. The topological polar surface area (TPSA) is 30.5 Å². The van der Waals surface area contributed by atoms with Crippen molar-refractivity contribution in [2.75, 3.05) is 13.2 Å². The smallest absolute Gasteiger partial charge is 0.161 e. The van der Waals surface area contributed by atoms with Gasteiger partial charge in [0.15, 0.2) is 11.5 Å². The zero-order valence-electron chi connectivity index (χ0n) is 13.5. The van der Waals surface area contributed by atoms with Crippen LogP contribution in [-0.2, 0) is 6.54 Å². The summed E-state index contributed by atoms with van der Waals surface area (Å²) in [6, 6.07) is 6.20. The summed E-state index contributed by atoms with van der Waals surface area (Å²) in [6.45, 7) is 13.2. The Balaban J connectivity index is 2.72. The van der Waals surface area contributed by atoms with Gasteiger partial charge in [0, 0.05) is 6.54 Å². The van der Waals surface area contributed by atoms with E-state index < -0.39 is 0 Å². The second-order valence-electron chi connectivity index (χ2n) is 5.58. The van der Waals surface area contributed by atoms with E-state index >= 15 is 0 Å². The van der Waals surface area contributed by atoms with Gasteiger partial charge in [-0.1, -0.05) is 26.8 Å². The predicted octanol–water partition coefficient (Wildman–Crippen LogP) is 4.01. The van der Waals surface area contributed by atoms with Crippen LogP contribution in [0.25, 0.3) is 0 Å². The maximum absolute atomic E-state index is 5.90. The highest BCUT2D eigenvalue weighted by Gasteiger charge is 2.09. The number of rotatable bonds is 9. The Morgan fingerprint density at radius 1 is 1.10 bits per heavy atom. The van der Waals surface area contributed by atoms with E-state index in [-0.39, 0.29) is 6.10 Å². The molecule has 0 unspecified atom stereocenters. The van der Waals surface area contributed by atoms with Gasteiger partial charge in [-0.05, 0) is 50.4 Å². The molecule has 3 heteroatoms. The first-order valence-electron chi connectivity index (χ1n) is 7.69. The van der Waals surface area contributed by atoms with Crippen LogP contribution < -0.4 is 14.8 Å². The molecule has 0 fully saturated rings. The third-order valence-electron chi connectivity index (χ3n) is 3.09. The third-order valence-corrected chi connectivity index (χ3v) is 3.09. The van der Waals surface area contributed by atoms with Crippen LogP contribution in [0.4, 0.5) is 0 Å². The Labute approximate surface area is 123 Å². The van der Waals surface area contributed by atoms with Crippen molar-refractivity contribution in [2.45, 2.75) is 53.7 Å². The molecular weight excluding hydrogens is 250 g/mol. The third kappa shape index (κ3) is 5.83. The van der Waals surface area contributed by atoms with Gasteiger partial charge in [-0.25, -0.2) is 0 Å². The highest BCUT2D eigenvalue weighted by atomic mass is 16.5. The van der Waals surface area contributed by atoms with Crippen molar-refractivity contribution in [3.05, 3.63) is 23.8 Å². The van der Waals surface area contributed by atoms with Crippen molar-refractivity contribution in [3.63, 3.8) is 0 Å². The van der Waals surface area contributed by atoms with Crippen LogP contribution in [0.1, 0.15) is 46.6 Å². The molecule has 0 amide bonds. The Bertz CT molecular complexity index is 391. The SMILES string of the molecule is CCOc1cc(CNCC(C)C)ccc1O[C@H](C)CC. The van der Waals surface area contributed by atoms with Crippen LogP contribution in [0.15, 0.2) is 18.2 Å². The molecule has 0 spiro atoms. The number of benzene rings is 1. The quantitative estimate of drug-likeness (QED) is 0.741. The fourth-order valence-corrected chi connectivity index (χ4v) is 1.83. The summed E-state index contributed by atoms with van der Waals surface area (Å²) in [5, 5.41) is 3.45. The number of hydrogen-bond acceptors (Lipinski definition) is 3. The van der Waals surface area contributed by atoms with Gasteiger partial charge in [0.2, 0.25) is 0 Å². The number of ether oxygens (including phenoxy) is 2. The van der Waals surface area contributed by atoms with Crippen molar-refractivity contribution in [1.82, 2.24) is 5.32 Å². The minimum Gasteiger partial charge on any atom is -0.490 e. The van der Waals surface area contributed by atoms with E-state index in [2.05, 4.69) is 45.1 Å². The first kappa shape index (κ1) is 16.8. The normalized spacial score (nSPS) is 12.5. The van der Waals surface area contributed by atoms with E-state index in [9.17, 15) is 0 Å². The largest absolute Gasteiger partial charge is 0.490 e. The van der Waals surface area contributed by atoms with Crippen molar-refractivity contribution in [2.24, 2.45) is 5.92 Å². The van der Waals surface area contributed by atoms with Crippen LogP contribution in [0, 0.1) is 5.92 Å². The van der Waals surface area contributed by atoms with E-state index in [0.717, 1.165) is 31.0 Å². The highest BCUT2D eigenvalue weighted by Crippen LogP contribution is 2.29. The van der Waals surface area contributed by atoms with Crippen LogP contribution in [0.2, 0.25) is 0 Å². The molecule has 1 aromatic carbocycles. The Hall–Kier alpha value is -1.22. The van der Waals surface area contributed by atoms with Crippen LogP contribution in [0.5, 0.6) is 11.5 Å². The van der Waals surface area contributed by atoms with Crippen LogP contribution in [0.3, 0.4) is 0 Å². The first-order chi connectivity index (χ1) is 9.56. The van der Waals surface area contributed by atoms with Crippen LogP contribution >= 0.6 is 0 Å². The molecule has 0 aromatic heterocycles. The van der Waals surface area contributed by atoms with Gasteiger partial charge in [0.25, 0.3) is 0 Å². The molecule has 0 saturated heterocycles. The molecule has 0 aliphatic carbocycles. The fraction of sp³-hybridized carbons (Fsp3) is 0.647. The van der Waals surface area contributed by atoms with Crippen molar-refractivity contribution in [1.29, 1.82) is 0 Å². The zero-order valence-corrected chi connectivity index (χ0v) is 13.5. The molecule has 1 aromatic rings. The lowest BCUT2D eigenvalue weighted by Crippen LogP contribution is -2.19. The standard InChI is InChI=1S/C17H29NO2/c1-6-14(5)20-16-9-8-15(10-17(16)19-7-2)12-18-11-13(3)4/h8-10,13-14,18H,6-7,11-12H2,1-5H3/t14-/m1/s1. The number of nitrogens with one attached hydrogen (secondary N) is 1. The van der Waals surface area contributed by atoms with Gasteiger partial charge in [0.05, 0.1) is 12.7 Å². The zero-order chi connectivity index (χ0) is 15.0. The average molecular weight is 279 g/mol. The lowest BCUT2D eigenvalue weighted by atomic mass is 10.1. The molecule has 114 valence electrons. The molecule has 1 atom stereocenters. The molecule has 0 bridgehead atoms. The summed E-state index contributed by atoms with van der Waals surface area (Å²) < 4.78 is 11.6. The summed E-state index contributed by atoms with van der Waals surface area (Å²) in [5.74, 6) is 2.35. The minimum absolute atomic E-state index is 0.208. The average Bonchev–Trinajstić information content (AvgIpc) is 2.41. The van der Waals surface area contributed by atoms with E-state index in [0.29, 0.717) is 12.5 Å². The molecule has 20 heavy (non-hydrogen) atoms. The Morgan fingerprint density at radius 3 is 2.45 bits per heavy atom. The van der Waals surface area contributed by atoms with Gasteiger partial charge in [0.1, 0.15) is 0 Å². The molecule has 0 aliphatic rings. The van der Waals surface area contributed by atoms with Gasteiger partial charge in [-0.15, -0.1) is 0 Å². The maximum Gasteiger partial charge on any atom is 0.161 e. The summed E-state index contributed by atoms with van der Waals surface area (Å²) in [4.78, 5) is 0. The lowest BCUT2D eigenvalue weighted by molar-refractivity contribution is 0.203. The van der Waals surface area contributed by atoms with Crippen molar-refractivity contribution in [3.8, 4) is 11.5 Å². The summed E-state index contributed by atoms with van der Waals surface area (Å²) >= 11 is 0. The van der Waals surface area contributed by atoms with Gasteiger partial charge >= 0.3 is 0 Å². The Morgan fingerprint density at radius 2 is 1.85 bits per heavy atom. The van der Waals surface area contributed by atoms with E-state index in [1.54, 1.807) is 0 Å². The maximum atomic E-state index is 5.90. The monoisotopic (exact) mass is 279 g/mol. The molecular formula is C17H29NO2. The summed E-state index contributed by atoms with van der Waals surface area (Å²) in [6.07, 6.45) is 1.20. The number of hydrogen-bond donors (Lipinski definition) is 1. The van der Waals surface area contributed by atoms with Crippen molar-refractivity contribution >= 4 is 0 Å². The molecule has 1 N–H and O–H groups in total. The van der Waals surface area contributed by atoms with Gasteiger partial charge in [-0.3, -0.25) is 0 Å². The first-order valence-corrected chi connectivity index (χ1v) is 7.69. The van der Waals surface area contributed by atoms with E-state index in [1.165, 1.54) is 5.56 Å². The van der Waals surface area contributed by atoms with E-state index in [1.807, 2.05) is 13.0 Å².